The molecule has 1 atom stereocenters. The molecule has 1 aliphatic rings. The molecule has 0 unspecified atom stereocenters. The third-order valence-electron chi connectivity index (χ3n) is 4.66. The molecule has 0 bridgehead atoms. The van der Waals surface area contributed by atoms with Gasteiger partial charge < -0.3 is 10.1 Å². The van der Waals surface area contributed by atoms with E-state index in [1.54, 1.807) is 18.2 Å². The first-order valence-electron chi connectivity index (χ1n) is 9.63. The van der Waals surface area contributed by atoms with Crippen LogP contribution in [-0.4, -0.2) is 41.9 Å². The molecule has 9 heteroatoms. The van der Waals surface area contributed by atoms with Gasteiger partial charge in [0.25, 0.3) is 11.8 Å². The molecule has 1 heterocycles. The van der Waals surface area contributed by atoms with Crippen molar-refractivity contribution < 1.29 is 23.9 Å². The van der Waals surface area contributed by atoms with Crippen molar-refractivity contribution in [2.45, 2.75) is 20.3 Å². The molecule has 2 aromatic rings. The second-order valence-corrected chi connectivity index (χ2v) is 7.77. The minimum absolute atomic E-state index is 0.0491. The van der Waals surface area contributed by atoms with Crippen molar-refractivity contribution in [1.29, 1.82) is 0 Å². The van der Waals surface area contributed by atoms with E-state index in [4.69, 9.17) is 16.3 Å². The Morgan fingerprint density at radius 3 is 2.48 bits per heavy atom. The summed E-state index contributed by atoms with van der Waals surface area (Å²) in [6.07, 6.45) is -0.125. The lowest BCUT2D eigenvalue weighted by molar-refractivity contribution is -0.151. The third kappa shape index (κ3) is 5.82. The van der Waals surface area contributed by atoms with E-state index in [1.165, 1.54) is 6.07 Å². The molecule has 8 nitrogen and oxygen atoms in total. The molecule has 0 saturated carbocycles. The van der Waals surface area contributed by atoms with Gasteiger partial charge in [0.2, 0.25) is 5.91 Å². The van der Waals surface area contributed by atoms with Crippen molar-refractivity contribution in [3.8, 4) is 0 Å². The summed E-state index contributed by atoms with van der Waals surface area (Å²) in [7, 11) is 0. The Morgan fingerprint density at radius 2 is 1.81 bits per heavy atom. The molecule has 0 spiro atoms. The average molecular weight is 444 g/mol. The van der Waals surface area contributed by atoms with Gasteiger partial charge in [0.1, 0.15) is 0 Å². The number of amides is 3. The summed E-state index contributed by atoms with van der Waals surface area (Å²) in [5.74, 6) is -2.93. The number of anilines is 1. The predicted molar refractivity (Wildman–Crippen MR) is 114 cm³/mol. The molecule has 0 aliphatic carbocycles. The quantitative estimate of drug-likeness (QED) is 0.668. The summed E-state index contributed by atoms with van der Waals surface area (Å²) in [4.78, 5) is 48.9. The number of hydrogen-bond donors (Lipinski definition) is 2. The van der Waals surface area contributed by atoms with Crippen LogP contribution in [0.5, 0.6) is 0 Å². The normalized spacial score (nSPS) is 15.5. The highest BCUT2D eigenvalue weighted by molar-refractivity contribution is 6.33. The lowest BCUT2D eigenvalue weighted by Gasteiger charge is -2.18. The van der Waals surface area contributed by atoms with Crippen molar-refractivity contribution in [2.24, 2.45) is 5.92 Å². The SMILES string of the molecule is Cc1cc(C)cc(NC(=O)COC(=O)[C@@H]2CC(=O)N(NC(=O)c3ccccc3Cl)C2)c1. The first-order chi connectivity index (χ1) is 14.7. The molecule has 0 aromatic heterocycles. The zero-order valence-corrected chi connectivity index (χ0v) is 17.9. The molecule has 2 N–H and O–H groups in total. The largest absolute Gasteiger partial charge is 0.455 e. The second kappa shape index (κ2) is 9.61. The number of carbonyl (C=O) groups excluding carboxylic acids is 4. The first kappa shape index (κ1) is 22.3. The van der Waals surface area contributed by atoms with Crippen LogP contribution in [0, 0.1) is 19.8 Å². The van der Waals surface area contributed by atoms with Gasteiger partial charge in [-0.2, -0.15) is 0 Å². The number of nitrogens with zero attached hydrogens (tertiary/aromatic N) is 1. The smallest absolute Gasteiger partial charge is 0.311 e. The highest BCUT2D eigenvalue weighted by Gasteiger charge is 2.36. The van der Waals surface area contributed by atoms with E-state index in [2.05, 4.69) is 10.7 Å². The molecule has 2 aromatic carbocycles. The van der Waals surface area contributed by atoms with Crippen molar-refractivity contribution in [1.82, 2.24) is 10.4 Å². The van der Waals surface area contributed by atoms with E-state index < -0.39 is 36.2 Å². The number of ether oxygens (including phenoxy) is 1. The maximum atomic E-state index is 12.3. The van der Waals surface area contributed by atoms with Gasteiger partial charge in [-0.25, -0.2) is 0 Å². The fraction of sp³-hybridized carbons (Fsp3) is 0.273. The van der Waals surface area contributed by atoms with Gasteiger partial charge in [-0.3, -0.25) is 29.6 Å². The highest BCUT2D eigenvalue weighted by atomic mass is 35.5. The van der Waals surface area contributed by atoms with E-state index in [-0.39, 0.29) is 23.6 Å². The van der Waals surface area contributed by atoms with Crippen LogP contribution in [0.1, 0.15) is 27.9 Å². The monoisotopic (exact) mass is 443 g/mol. The highest BCUT2D eigenvalue weighted by Crippen LogP contribution is 2.20. The Labute approximate surface area is 184 Å². The molecule has 0 radical (unpaired) electrons. The first-order valence-corrected chi connectivity index (χ1v) is 10.0. The molecule has 162 valence electrons. The number of aryl methyl sites for hydroxylation is 2. The number of hydrazine groups is 1. The average Bonchev–Trinajstić information content (AvgIpc) is 3.06. The number of nitrogens with one attached hydrogen (secondary N) is 2. The topological polar surface area (TPSA) is 105 Å². The van der Waals surface area contributed by atoms with E-state index in [9.17, 15) is 19.2 Å². The number of rotatable bonds is 6. The van der Waals surface area contributed by atoms with Crippen LogP contribution in [0.25, 0.3) is 0 Å². The fourth-order valence-corrected chi connectivity index (χ4v) is 3.52. The Balaban J connectivity index is 1.50. The number of esters is 1. The Kier molecular flexibility index (Phi) is 6.91. The van der Waals surface area contributed by atoms with Crippen LogP contribution in [0.2, 0.25) is 5.02 Å². The van der Waals surface area contributed by atoms with Gasteiger partial charge >= 0.3 is 5.97 Å². The lowest BCUT2D eigenvalue weighted by Crippen LogP contribution is -2.43. The summed E-state index contributed by atoms with van der Waals surface area (Å²) in [6, 6.07) is 12.0. The second-order valence-electron chi connectivity index (χ2n) is 7.36. The Morgan fingerprint density at radius 1 is 1.13 bits per heavy atom. The van der Waals surface area contributed by atoms with Crippen molar-refractivity contribution in [3.63, 3.8) is 0 Å². The molecule has 3 rings (SSSR count). The van der Waals surface area contributed by atoms with Crippen molar-refractivity contribution in [3.05, 3.63) is 64.2 Å². The van der Waals surface area contributed by atoms with Gasteiger partial charge in [-0.15, -0.1) is 0 Å². The fourth-order valence-electron chi connectivity index (χ4n) is 3.30. The zero-order chi connectivity index (χ0) is 22.5. The van der Waals surface area contributed by atoms with E-state index >= 15 is 0 Å². The lowest BCUT2D eigenvalue weighted by atomic mass is 10.1. The van der Waals surface area contributed by atoms with Gasteiger partial charge in [0, 0.05) is 12.1 Å². The summed E-state index contributed by atoms with van der Waals surface area (Å²) in [5.41, 5.74) is 5.27. The van der Waals surface area contributed by atoms with Crippen LogP contribution in [0.15, 0.2) is 42.5 Å². The standard InChI is InChI=1S/C22H22ClN3O5/c1-13-7-14(2)9-16(8-13)24-19(27)12-31-22(30)15-10-20(28)26(11-15)25-21(29)17-5-3-4-6-18(17)23/h3-9,15H,10-12H2,1-2H3,(H,24,27)(H,25,29)/t15-/m1/s1. The molecule has 1 fully saturated rings. The van der Waals surface area contributed by atoms with Gasteiger partial charge in [-0.05, 0) is 49.2 Å². The molecule has 3 amide bonds. The van der Waals surface area contributed by atoms with E-state index in [1.807, 2.05) is 32.0 Å². The minimum atomic E-state index is -0.784. The van der Waals surface area contributed by atoms with Crippen LogP contribution in [-0.2, 0) is 19.1 Å². The minimum Gasteiger partial charge on any atom is -0.455 e. The summed E-state index contributed by atoms with van der Waals surface area (Å²) in [6.45, 7) is 3.31. The van der Waals surface area contributed by atoms with Crippen LogP contribution in [0.4, 0.5) is 5.69 Å². The zero-order valence-electron chi connectivity index (χ0n) is 17.1. The Hall–Kier alpha value is -3.39. The number of hydrogen-bond acceptors (Lipinski definition) is 5. The molecular weight excluding hydrogens is 422 g/mol. The van der Waals surface area contributed by atoms with Crippen molar-refractivity contribution >= 4 is 41.0 Å². The number of benzene rings is 2. The molecule has 1 aliphatic heterocycles. The summed E-state index contributed by atoms with van der Waals surface area (Å²) >= 11 is 5.99. The molecular formula is C22H22ClN3O5. The molecule has 31 heavy (non-hydrogen) atoms. The van der Waals surface area contributed by atoms with Crippen molar-refractivity contribution in [2.75, 3.05) is 18.5 Å². The van der Waals surface area contributed by atoms with E-state index in [0.717, 1.165) is 16.1 Å². The van der Waals surface area contributed by atoms with Crippen LogP contribution < -0.4 is 10.7 Å². The molecule has 1 saturated heterocycles. The van der Waals surface area contributed by atoms with Crippen LogP contribution >= 0.6 is 11.6 Å². The van der Waals surface area contributed by atoms with E-state index in [0.29, 0.717) is 5.69 Å². The van der Waals surface area contributed by atoms with Gasteiger partial charge in [0.05, 0.1) is 23.0 Å². The maximum absolute atomic E-state index is 12.3. The predicted octanol–water partition coefficient (Wildman–Crippen LogP) is 2.63. The third-order valence-corrected chi connectivity index (χ3v) is 4.99. The van der Waals surface area contributed by atoms with Gasteiger partial charge in [-0.1, -0.05) is 29.8 Å². The number of halogens is 1. The Bertz CT molecular complexity index is 1020. The summed E-state index contributed by atoms with van der Waals surface area (Å²) in [5, 5.41) is 3.98. The van der Waals surface area contributed by atoms with Crippen LogP contribution in [0.3, 0.4) is 0 Å². The summed E-state index contributed by atoms with van der Waals surface area (Å²) < 4.78 is 5.06. The number of carbonyl (C=O) groups is 4. The van der Waals surface area contributed by atoms with Gasteiger partial charge in [0.15, 0.2) is 6.61 Å². The maximum Gasteiger partial charge on any atom is 0.311 e.